The van der Waals surface area contributed by atoms with Gasteiger partial charge in [0.1, 0.15) is 17.6 Å². The van der Waals surface area contributed by atoms with Gasteiger partial charge in [0, 0.05) is 24.8 Å². The molecule has 0 radical (unpaired) electrons. The van der Waals surface area contributed by atoms with Crippen molar-refractivity contribution in [1.29, 1.82) is 5.26 Å². The van der Waals surface area contributed by atoms with E-state index >= 15 is 0 Å². The van der Waals surface area contributed by atoms with E-state index in [-0.39, 0.29) is 11.8 Å². The van der Waals surface area contributed by atoms with Gasteiger partial charge < -0.3 is 20.7 Å². The average Bonchev–Trinajstić information content (AvgIpc) is 2.82. The highest BCUT2D eigenvalue weighted by molar-refractivity contribution is 6.09. The fourth-order valence-corrected chi connectivity index (χ4v) is 2.82. The van der Waals surface area contributed by atoms with E-state index in [4.69, 9.17) is 10.00 Å². The van der Waals surface area contributed by atoms with Crippen molar-refractivity contribution < 1.29 is 14.3 Å². The summed E-state index contributed by atoms with van der Waals surface area (Å²) >= 11 is 0. The Kier molecular flexibility index (Phi) is 7.16. The molecule has 8 heteroatoms. The van der Waals surface area contributed by atoms with E-state index in [9.17, 15) is 9.59 Å². The maximum Gasteiger partial charge on any atom is 0.255 e. The van der Waals surface area contributed by atoms with Gasteiger partial charge in [-0.1, -0.05) is 12.1 Å². The summed E-state index contributed by atoms with van der Waals surface area (Å²) in [6.07, 6.45) is 1.59. The maximum absolute atomic E-state index is 12.6. The van der Waals surface area contributed by atoms with Crippen molar-refractivity contribution in [2.45, 2.75) is 0 Å². The van der Waals surface area contributed by atoms with Crippen LogP contribution in [-0.2, 0) is 0 Å². The number of carbonyl (C=O) groups is 2. The molecular formula is C23H21N5O3. The maximum atomic E-state index is 12.6. The Hall–Kier alpha value is -4.38. The molecule has 3 N–H and O–H groups in total. The summed E-state index contributed by atoms with van der Waals surface area (Å²) in [6, 6.07) is 18.9. The van der Waals surface area contributed by atoms with Crippen LogP contribution in [0.3, 0.4) is 0 Å². The van der Waals surface area contributed by atoms with E-state index in [0.717, 1.165) is 0 Å². The van der Waals surface area contributed by atoms with Crippen LogP contribution in [-0.4, -0.2) is 37.0 Å². The average molecular weight is 415 g/mol. The lowest BCUT2D eigenvalue weighted by Crippen LogP contribution is -2.30. The predicted molar refractivity (Wildman–Crippen MR) is 117 cm³/mol. The number of methoxy groups -OCH3 is 1. The highest BCUT2D eigenvalue weighted by Crippen LogP contribution is 2.18. The number of hydrogen-bond acceptors (Lipinski definition) is 6. The van der Waals surface area contributed by atoms with Crippen LogP contribution in [0, 0.1) is 11.3 Å². The van der Waals surface area contributed by atoms with Gasteiger partial charge in [0.05, 0.1) is 23.9 Å². The topological polar surface area (TPSA) is 116 Å². The third-order valence-corrected chi connectivity index (χ3v) is 4.40. The summed E-state index contributed by atoms with van der Waals surface area (Å²) < 4.78 is 5.10. The van der Waals surface area contributed by atoms with Crippen molar-refractivity contribution in [2.24, 2.45) is 0 Å². The SMILES string of the molecule is COc1ccc(C(=O)Nc2ccccc2C(=O)NCCNc2ncccc2C#N)cc1. The zero-order valence-electron chi connectivity index (χ0n) is 16.9. The largest absolute Gasteiger partial charge is 0.497 e. The summed E-state index contributed by atoms with van der Waals surface area (Å²) in [7, 11) is 1.55. The molecular weight excluding hydrogens is 394 g/mol. The third kappa shape index (κ3) is 5.58. The van der Waals surface area contributed by atoms with Crippen molar-refractivity contribution in [3.8, 4) is 11.8 Å². The lowest BCUT2D eigenvalue weighted by molar-refractivity contribution is 0.0956. The summed E-state index contributed by atoms with van der Waals surface area (Å²) in [6.45, 7) is 0.693. The van der Waals surface area contributed by atoms with Gasteiger partial charge in [-0.2, -0.15) is 5.26 Å². The number of aromatic nitrogens is 1. The molecule has 3 rings (SSSR count). The molecule has 0 spiro atoms. The summed E-state index contributed by atoms with van der Waals surface area (Å²) in [5, 5.41) is 17.7. The van der Waals surface area contributed by atoms with Gasteiger partial charge in [-0.05, 0) is 48.5 Å². The first kappa shape index (κ1) is 21.3. The Morgan fingerprint density at radius 1 is 1.00 bits per heavy atom. The first-order valence-corrected chi connectivity index (χ1v) is 9.54. The Bertz CT molecular complexity index is 1110. The smallest absolute Gasteiger partial charge is 0.255 e. The normalized spacial score (nSPS) is 9.94. The molecule has 0 unspecified atom stereocenters. The van der Waals surface area contributed by atoms with Crippen LogP contribution in [0.15, 0.2) is 66.9 Å². The molecule has 2 aromatic carbocycles. The number of nitrogens with one attached hydrogen (secondary N) is 3. The standard InChI is InChI=1S/C23H21N5O3/c1-31-18-10-8-16(9-11-18)22(29)28-20-7-3-2-6-19(20)23(30)27-14-13-26-21-17(15-24)5-4-12-25-21/h2-12H,13-14H2,1H3,(H,25,26)(H,27,30)(H,28,29). The van der Waals surface area contributed by atoms with Crippen molar-refractivity contribution in [2.75, 3.05) is 30.8 Å². The van der Waals surface area contributed by atoms with Crippen molar-refractivity contribution in [3.05, 3.63) is 83.6 Å². The van der Waals surface area contributed by atoms with Crippen molar-refractivity contribution in [1.82, 2.24) is 10.3 Å². The van der Waals surface area contributed by atoms with Crippen LogP contribution in [0.2, 0.25) is 0 Å². The minimum atomic E-state index is -0.330. The van der Waals surface area contributed by atoms with E-state index in [1.165, 1.54) is 0 Å². The molecule has 0 fully saturated rings. The molecule has 2 amide bonds. The molecule has 1 aromatic heterocycles. The molecule has 1 heterocycles. The van der Waals surface area contributed by atoms with Crippen LogP contribution in [0.4, 0.5) is 11.5 Å². The highest BCUT2D eigenvalue weighted by Gasteiger charge is 2.14. The van der Waals surface area contributed by atoms with Crippen LogP contribution < -0.4 is 20.7 Å². The zero-order chi connectivity index (χ0) is 22.1. The fourth-order valence-electron chi connectivity index (χ4n) is 2.82. The number of amides is 2. The van der Waals surface area contributed by atoms with Gasteiger partial charge in [0.15, 0.2) is 0 Å². The second-order valence-electron chi connectivity index (χ2n) is 6.42. The molecule has 156 valence electrons. The number of para-hydroxylation sites is 1. The molecule has 0 aliphatic carbocycles. The van der Waals surface area contributed by atoms with Crippen LogP contribution >= 0.6 is 0 Å². The quantitative estimate of drug-likeness (QED) is 0.487. The first-order chi connectivity index (χ1) is 15.1. The number of rotatable bonds is 8. The Morgan fingerprint density at radius 2 is 1.77 bits per heavy atom. The summed E-state index contributed by atoms with van der Waals surface area (Å²) in [4.78, 5) is 29.3. The van der Waals surface area contributed by atoms with Gasteiger partial charge in [-0.3, -0.25) is 9.59 Å². The van der Waals surface area contributed by atoms with E-state index in [0.29, 0.717) is 47.0 Å². The number of hydrogen-bond donors (Lipinski definition) is 3. The van der Waals surface area contributed by atoms with E-state index < -0.39 is 0 Å². The summed E-state index contributed by atoms with van der Waals surface area (Å²) in [5.74, 6) is 0.460. The number of benzene rings is 2. The summed E-state index contributed by atoms with van der Waals surface area (Å²) in [5.41, 5.74) is 1.63. The van der Waals surface area contributed by atoms with E-state index in [1.54, 1.807) is 74.0 Å². The van der Waals surface area contributed by atoms with Crippen LogP contribution in [0.5, 0.6) is 5.75 Å². The number of ether oxygens (including phenoxy) is 1. The fraction of sp³-hybridized carbons (Fsp3) is 0.130. The molecule has 0 aliphatic rings. The molecule has 0 saturated carbocycles. The van der Waals surface area contributed by atoms with Crippen molar-refractivity contribution in [3.63, 3.8) is 0 Å². The van der Waals surface area contributed by atoms with Gasteiger partial charge in [0.2, 0.25) is 0 Å². The first-order valence-electron chi connectivity index (χ1n) is 9.54. The van der Waals surface area contributed by atoms with Gasteiger partial charge in [0.25, 0.3) is 11.8 Å². The van der Waals surface area contributed by atoms with E-state index in [1.807, 2.05) is 0 Å². The minimum absolute atomic E-state index is 0.307. The van der Waals surface area contributed by atoms with Crippen LogP contribution in [0.1, 0.15) is 26.3 Å². The third-order valence-electron chi connectivity index (χ3n) is 4.40. The number of nitrogens with zero attached hydrogens (tertiary/aromatic N) is 2. The molecule has 0 saturated heterocycles. The van der Waals surface area contributed by atoms with Gasteiger partial charge >= 0.3 is 0 Å². The lowest BCUT2D eigenvalue weighted by Gasteiger charge is -2.12. The van der Waals surface area contributed by atoms with Crippen molar-refractivity contribution >= 4 is 23.3 Å². The number of pyridine rings is 1. The minimum Gasteiger partial charge on any atom is -0.497 e. The van der Waals surface area contributed by atoms with Gasteiger partial charge in [-0.15, -0.1) is 0 Å². The molecule has 0 atom stereocenters. The Morgan fingerprint density at radius 3 is 2.52 bits per heavy atom. The monoisotopic (exact) mass is 415 g/mol. The molecule has 0 bridgehead atoms. The zero-order valence-corrected chi connectivity index (χ0v) is 16.9. The molecule has 8 nitrogen and oxygen atoms in total. The Labute approximate surface area is 179 Å². The number of carbonyl (C=O) groups excluding carboxylic acids is 2. The highest BCUT2D eigenvalue weighted by atomic mass is 16.5. The molecule has 31 heavy (non-hydrogen) atoms. The van der Waals surface area contributed by atoms with Gasteiger partial charge in [-0.25, -0.2) is 4.98 Å². The Balaban J connectivity index is 1.59. The number of anilines is 2. The predicted octanol–water partition coefficient (Wildman–Crippen LogP) is 3.06. The molecule has 0 aliphatic heterocycles. The van der Waals surface area contributed by atoms with E-state index in [2.05, 4.69) is 27.0 Å². The second-order valence-corrected chi connectivity index (χ2v) is 6.42. The molecule has 3 aromatic rings. The second kappa shape index (κ2) is 10.4. The van der Waals surface area contributed by atoms with Crippen LogP contribution in [0.25, 0.3) is 0 Å². The lowest BCUT2D eigenvalue weighted by atomic mass is 10.1. The number of nitriles is 1.